The van der Waals surface area contributed by atoms with Crippen molar-refractivity contribution in [2.45, 2.75) is 23.0 Å². The molecule has 0 amide bonds. The summed E-state index contributed by atoms with van der Waals surface area (Å²) in [5.41, 5.74) is 1.61. The molecule has 0 spiro atoms. The molecule has 0 fully saturated rings. The van der Waals surface area contributed by atoms with Crippen LogP contribution in [0.25, 0.3) is 0 Å². The molecule has 0 aliphatic heterocycles. The van der Waals surface area contributed by atoms with Gasteiger partial charge in [0, 0.05) is 24.5 Å². The van der Waals surface area contributed by atoms with Crippen molar-refractivity contribution in [3.8, 4) is 23.0 Å². The molecule has 34 heavy (non-hydrogen) atoms. The highest BCUT2D eigenvalue weighted by atomic mass is 33.1. The molecular weight excluding hydrogens is 468 g/mol. The molecule has 0 saturated carbocycles. The van der Waals surface area contributed by atoms with E-state index in [1.54, 1.807) is 48.2 Å². The van der Waals surface area contributed by atoms with Crippen molar-refractivity contribution in [3.63, 3.8) is 0 Å². The predicted octanol–water partition coefficient (Wildman–Crippen LogP) is 6.45. The Hall–Kier alpha value is -3.36. The molecular formula is C26H24N2O4S2. The first kappa shape index (κ1) is 23.8. The summed E-state index contributed by atoms with van der Waals surface area (Å²) in [6.45, 7) is 0.708. The number of para-hydroxylation sites is 2. The van der Waals surface area contributed by atoms with Crippen LogP contribution in [-0.2, 0) is 13.2 Å². The number of nitrogens with zero attached hydrogens (tertiary/aromatic N) is 2. The third-order valence-electron chi connectivity index (χ3n) is 4.72. The van der Waals surface area contributed by atoms with Gasteiger partial charge in [-0.2, -0.15) is 0 Å². The zero-order chi connectivity index (χ0) is 23.6. The zero-order valence-corrected chi connectivity index (χ0v) is 20.5. The van der Waals surface area contributed by atoms with Gasteiger partial charge in [0.2, 0.25) is 0 Å². The fourth-order valence-electron chi connectivity index (χ4n) is 2.99. The molecule has 2 aromatic heterocycles. The Kier molecular flexibility index (Phi) is 8.54. The number of methoxy groups -OCH3 is 2. The van der Waals surface area contributed by atoms with Crippen molar-refractivity contribution in [2.24, 2.45) is 0 Å². The van der Waals surface area contributed by atoms with Crippen LogP contribution in [0.5, 0.6) is 23.0 Å². The first-order valence-electron chi connectivity index (χ1n) is 10.5. The van der Waals surface area contributed by atoms with E-state index in [2.05, 4.69) is 9.97 Å². The Labute approximate surface area is 207 Å². The van der Waals surface area contributed by atoms with Gasteiger partial charge in [-0.25, -0.2) is 0 Å². The van der Waals surface area contributed by atoms with Gasteiger partial charge in [-0.3, -0.25) is 9.97 Å². The maximum absolute atomic E-state index is 6.06. The average molecular weight is 493 g/mol. The van der Waals surface area contributed by atoms with Gasteiger partial charge in [0.15, 0.2) is 0 Å². The van der Waals surface area contributed by atoms with Crippen molar-refractivity contribution in [1.82, 2.24) is 9.97 Å². The van der Waals surface area contributed by atoms with Gasteiger partial charge in [0.25, 0.3) is 0 Å². The number of benzene rings is 2. The lowest BCUT2D eigenvalue weighted by molar-refractivity contribution is 0.293. The Bertz CT molecular complexity index is 1130. The lowest BCUT2D eigenvalue weighted by Gasteiger charge is -2.13. The van der Waals surface area contributed by atoms with Crippen molar-refractivity contribution in [2.75, 3.05) is 14.2 Å². The Balaban J connectivity index is 1.40. The molecule has 0 N–H and O–H groups in total. The van der Waals surface area contributed by atoms with E-state index in [1.165, 1.54) is 0 Å². The van der Waals surface area contributed by atoms with Crippen molar-refractivity contribution in [3.05, 3.63) is 96.6 Å². The summed E-state index contributed by atoms with van der Waals surface area (Å²) in [6, 6.07) is 23.3. The molecule has 0 aliphatic carbocycles. The topological polar surface area (TPSA) is 62.7 Å². The van der Waals surface area contributed by atoms with Crippen LogP contribution in [0.15, 0.2) is 95.0 Å². The lowest BCUT2D eigenvalue weighted by Crippen LogP contribution is -1.99. The van der Waals surface area contributed by atoms with Crippen molar-refractivity contribution in [1.29, 1.82) is 0 Å². The van der Waals surface area contributed by atoms with E-state index in [0.717, 1.165) is 44.2 Å². The van der Waals surface area contributed by atoms with E-state index >= 15 is 0 Å². The van der Waals surface area contributed by atoms with E-state index < -0.39 is 0 Å². The van der Waals surface area contributed by atoms with Crippen LogP contribution >= 0.6 is 21.6 Å². The second-order valence-corrected chi connectivity index (χ2v) is 9.22. The van der Waals surface area contributed by atoms with E-state index in [0.29, 0.717) is 13.2 Å². The molecule has 4 aromatic rings. The van der Waals surface area contributed by atoms with Gasteiger partial charge in [-0.15, -0.1) is 0 Å². The van der Waals surface area contributed by atoms with Gasteiger partial charge in [0.1, 0.15) is 36.2 Å². The minimum absolute atomic E-state index is 0.354. The van der Waals surface area contributed by atoms with Crippen LogP contribution in [0.4, 0.5) is 0 Å². The quantitative estimate of drug-likeness (QED) is 0.221. The summed E-state index contributed by atoms with van der Waals surface area (Å²) < 4.78 is 22.7. The maximum Gasteiger partial charge on any atom is 0.134 e. The number of pyridine rings is 2. The van der Waals surface area contributed by atoms with Gasteiger partial charge in [0.05, 0.1) is 35.4 Å². The maximum atomic E-state index is 6.06. The summed E-state index contributed by atoms with van der Waals surface area (Å²) in [5, 5.41) is 0. The van der Waals surface area contributed by atoms with Crippen molar-refractivity contribution < 1.29 is 18.9 Å². The summed E-state index contributed by atoms with van der Waals surface area (Å²) in [6.07, 6.45) is 3.43. The molecule has 0 atom stereocenters. The molecule has 4 rings (SSSR count). The number of ether oxygens (including phenoxy) is 4. The second kappa shape index (κ2) is 12.2. The van der Waals surface area contributed by atoms with Crippen LogP contribution in [0.3, 0.4) is 0 Å². The van der Waals surface area contributed by atoms with Crippen molar-refractivity contribution >= 4 is 21.6 Å². The lowest BCUT2D eigenvalue weighted by atomic mass is 10.3. The van der Waals surface area contributed by atoms with Gasteiger partial charge >= 0.3 is 0 Å². The van der Waals surface area contributed by atoms with E-state index in [9.17, 15) is 0 Å². The molecule has 0 saturated heterocycles. The molecule has 174 valence electrons. The monoisotopic (exact) mass is 492 g/mol. The highest BCUT2D eigenvalue weighted by Crippen LogP contribution is 2.45. The van der Waals surface area contributed by atoms with Crippen LogP contribution < -0.4 is 18.9 Å². The van der Waals surface area contributed by atoms with E-state index in [1.807, 2.05) is 72.8 Å². The highest BCUT2D eigenvalue weighted by Gasteiger charge is 2.10. The van der Waals surface area contributed by atoms with Crippen LogP contribution in [0.2, 0.25) is 0 Å². The Morgan fingerprint density at radius 3 is 1.50 bits per heavy atom. The second-order valence-electron chi connectivity index (χ2n) is 7.01. The minimum Gasteiger partial charge on any atom is -0.497 e. The molecule has 0 bridgehead atoms. The highest BCUT2D eigenvalue weighted by molar-refractivity contribution is 8.76. The molecule has 8 heteroatoms. The average Bonchev–Trinajstić information content (AvgIpc) is 2.90. The van der Waals surface area contributed by atoms with Crippen LogP contribution in [0, 0.1) is 0 Å². The van der Waals surface area contributed by atoms with Gasteiger partial charge in [-0.05, 0) is 58.0 Å². The molecule has 0 aliphatic rings. The fourth-order valence-corrected chi connectivity index (χ4v) is 5.22. The van der Waals surface area contributed by atoms with Gasteiger partial charge in [-0.1, -0.05) is 24.3 Å². The standard InChI is InChI=1S/C26H24N2O4S2/c1-29-21-11-13-27-19(15-21)17-31-23-7-3-5-9-25(23)33-34-26-10-6-4-8-24(26)32-18-20-16-22(30-2)12-14-28-20/h3-16H,17-18H2,1-2H3. The molecule has 0 radical (unpaired) electrons. The van der Waals surface area contributed by atoms with Gasteiger partial charge < -0.3 is 18.9 Å². The predicted molar refractivity (Wildman–Crippen MR) is 135 cm³/mol. The summed E-state index contributed by atoms with van der Waals surface area (Å²) in [5.74, 6) is 3.10. The van der Waals surface area contributed by atoms with E-state index in [4.69, 9.17) is 18.9 Å². The third kappa shape index (κ3) is 6.59. The number of hydrogen-bond donors (Lipinski definition) is 0. The third-order valence-corrected chi connectivity index (χ3v) is 7.16. The summed E-state index contributed by atoms with van der Waals surface area (Å²) in [4.78, 5) is 10.7. The fraction of sp³-hybridized carbons (Fsp3) is 0.154. The molecule has 2 aromatic carbocycles. The van der Waals surface area contributed by atoms with E-state index in [-0.39, 0.29) is 0 Å². The van der Waals surface area contributed by atoms with Crippen LogP contribution in [-0.4, -0.2) is 24.2 Å². The Morgan fingerprint density at radius 2 is 1.06 bits per heavy atom. The zero-order valence-electron chi connectivity index (χ0n) is 18.8. The normalized spacial score (nSPS) is 10.5. The number of hydrogen-bond acceptors (Lipinski definition) is 8. The molecule has 0 unspecified atom stereocenters. The molecule has 2 heterocycles. The largest absolute Gasteiger partial charge is 0.497 e. The Morgan fingerprint density at radius 1 is 0.618 bits per heavy atom. The first-order chi connectivity index (χ1) is 16.7. The SMILES string of the molecule is COc1ccnc(COc2ccccc2SSc2ccccc2OCc2cc(OC)ccn2)c1. The molecule has 6 nitrogen and oxygen atoms in total. The number of rotatable bonds is 11. The van der Waals surface area contributed by atoms with Crippen LogP contribution in [0.1, 0.15) is 11.4 Å². The minimum atomic E-state index is 0.354. The number of aromatic nitrogens is 2. The smallest absolute Gasteiger partial charge is 0.134 e. The summed E-state index contributed by atoms with van der Waals surface area (Å²) in [7, 11) is 6.51. The summed E-state index contributed by atoms with van der Waals surface area (Å²) >= 11 is 0. The first-order valence-corrected chi connectivity index (χ1v) is 12.7.